The molecule has 5 nitrogen and oxygen atoms in total. The van der Waals surface area contributed by atoms with E-state index in [9.17, 15) is 0 Å². The molecule has 5 heteroatoms. The van der Waals surface area contributed by atoms with Crippen LogP contribution in [0.4, 0.5) is 11.8 Å². The largest absolute Gasteiger partial charge is 0.394 e. The number of hydrogen-bond acceptors (Lipinski definition) is 5. The Balaban J connectivity index is 2.72. The first-order valence-electron chi connectivity index (χ1n) is 5.05. The zero-order valence-corrected chi connectivity index (χ0v) is 9.44. The minimum Gasteiger partial charge on any atom is -0.394 e. The molecule has 1 aromatic heterocycles. The third-order valence-corrected chi connectivity index (χ3v) is 2.15. The average Bonchev–Trinajstić information content (AvgIpc) is 2.26. The second kappa shape index (κ2) is 5.50. The minimum atomic E-state index is 0.0161. The van der Waals surface area contributed by atoms with Gasteiger partial charge in [0.1, 0.15) is 5.82 Å². The maximum absolute atomic E-state index is 9.04. The molecule has 15 heavy (non-hydrogen) atoms. The number of hydrogen-bond donors (Lipinski definition) is 2. The van der Waals surface area contributed by atoms with Crippen molar-refractivity contribution < 1.29 is 5.11 Å². The summed E-state index contributed by atoms with van der Waals surface area (Å²) in [5.74, 6) is 1.40. The fourth-order valence-corrected chi connectivity index (χ4v) is 1.13. The molecule has 0 spiro atoms. The van der Waals surface area contributed by atoms with Gasteiger partial charge in [0.2, 0.25) is 5.95 Å². The number of rotatable bonds is 5. The fourth-order valence-electron chi connectivity index (χ4n) is 1.13. The van der Waals surface area contributed by atoms with Crippen LogP contribution < -0.4 is 10.2 Å². The highest BCUT2D eigenvalue weighted by Crippen LogP contribution is 2.09. The van der Waals surface area contributed by atoms with Crippen LogP contribution in [0.1, 0.15) is 13.3 Å². The summed E-state index contributed by atoms with van der Waals surface area (Å²) in [5.41, 5.74) is 0. The smallest absolute Gasteiger partial charge is 0.224 e. The monoisotopic (exact) mass is 210 g/mol. The maximum atomic E-state index is 9.04. The van der Waals surface area contributed by atoms with Gasteiger partial charge in [-0.1, -0.05) is 6.92 Å². The van der Waals surface area contributed by atoms with E-state index in [0.717, 1.165) is 12.2 Å². The quantitative estimate of drug-likeness (QED) is 0.750. The van der Waals surface area contributed by atoms with Crippen molar-refractivity contribution in [2.75, 3.05) is 30.9 Å². The number of nitrogens with one attached hydrogen (secondary N) is 1. The third-order valence-electron chi connectivity index (χ3n) is 2.15. The molecule has 1 atom stereocenters. The highest BCUT2D eigenvalue weighted by atomic mass is 16.3. The Bertz CT molecular complexity index is 299. The van der Waals surface area contributed by atoms with Crippen LogP contribution in [0.2, 0.25) is 0 Å². The molecule has 0 saturated heterocycles. The van der Waals surface area contributed by atoms with Crippen molar-refractivity contribution in [3.8, 4) is 0 Å². The molecule has 0 bridgehead atoms. The first-order chi connectivity index (χ1) is 7.17. The second-order valence-corrected chi connectivity index (χ2v) is 3.56. The van der Waals surface area contributed by atoms with Crippen LogP contribution in [0.3, 0.4) is 0 Å². The van der Waals surface area contributed by atoms with Crippen molar-refractivity contribution in [2.45, 2.75) is 19.4 Å². The summed E-state index contributed by atoms with van der Waals surface area (Å²) in [5, 5.41) is 12.1. The predicted molar refractivity (Wildman–Crippen MR) is 61.1 cm³/mol. The molecule has 2 N–H and O–H groups in total. The lowest BCUT2D eigenvalue weighted by Crippen LogP contribution is -2.24. The number of aliphatic hydroxyl groups excluding tert-OH is 1. The van der Waals surface area contributed by atoms with Gasteiger partial charge in [-0.3, -0.25) is 0 Å². The van der Waals surface area contributed by atoms with E-state index in [1.807, 2.05) is 32.0 Å². The van der Waals surface area contributed by atoms with Crippen molar-refractivity contribution in [3.63, 3.8) is 0 Å². The average molecular weight is 210 g/mol. The summed E-state index contributed by atoms with van der Waals surface area (Å²) in [7, 11) is 3.85. The molecule has 0 aliphatic carbocycles. The lowest BCUT2D eigenvalue weighted by atomic mass is 10.2. The Hall–Kier alpha value is -1.36. The van der Waals surface area contributed by atoms with E-state index in [4.69, 9.17) is 5.11 Å². The van der Waals surface area contributed by atoms with Crippen LogP contribution in [0.25, 0.3) is 0 Å². The van der Waals surface area contributed by atoms with Crippen LogP contribution in [0, 0.1) is 0 Å². The van der Waals surface area contributed by atoms with Crippen LogP contribution in [0.5, 0.6) is 0 Å². The zero-order chi connectivity index (χ0) is 11.3. The van der Waals surface area contributed by atoms with Gasteiger partial charge < -0.3 is 15.3 Å². The molecule has 0 radical (unpaired) electrons. The van der Waals surface area contributed by atoms with Crippen molar-refractivity contribution >= 4 is 11.8 Å². The number of anilines is 2. The van der Waals surface area contributed by atoms with Gasteiger partial charge in [-0.05, 0) is 12.5 Å². The van der Waals surface area contributed by atoms with Crippen molar-refractivity contribution in [1.82, 2.24) is 9.97 Å². The molecule has 0 fully saturated rings. The normalized spacial score (nSPS) is 12.3. The number of aromatic nitrogens is 2. The molecular weight excluding hydrogens is 192 g/mol. The molecule has 0 aliphatic heterocycles. The summed E-state index contributed by atoms with van der Waals surface area (Å²) in [6, 6.07) is 1.85. The molecule has 1 aromatic rings. The van der Waals surface area contributed by atoms with Gasteiger partial charge in [0, 0.05) is 20.3 Å². The van der Waals surface area contributed by atoms with Crippen LogP contribution >= 0.6 is 0 Å². The highest BCUT2D eigenvalue weighted by Gasteiger charge is 2.06. The topological polar surface area (TPSA) is 61.3 Å². The predicted octanol–water partition coefficient (Wildman–Crippen LogP) is 0.725. The van der Waals surface area contributed by atoms with E-state index in [1.165, 1.54) is 0 Å². The molecule has 0 amide bonds. The number of aliphatic hydroxyl groups is 1. The standard InChI is InChI=1S/C10H18N4O/c1-4-8(7-15)12-10-11-6-5-9(13-10)14(2)3/h5-6,8,15H,4,7H2,1-3H3,(H,11,12,13). The van der Waals surface area contributed by atoms with Gasteiger partial charge in [-0.25, -0.2) is 4.98 Å². The Morgan fingerprint density at radius 2 is 2.27 bits per heavy atom. The Labute approximate surface area is 90.2 Å². The fraction of sp³-hybridized carbons (Fsp3) is 0.600. The Morgan fingerprint density at radius 3 is 2.80 bits per heavy atom. The van der Waals surface area contributed by atoms with Crippen LogP contribution in [-0.4, -0.2) is 41.8 Å². The van der Waals surface area contributed by atoms with Gasteiger partial charge in [0.05, 0.1) is 12.6 Å². The second-order valence-electron chi connectivity index (χ2n) is 3.56. The lowest BCUT2D eigenvalue weighted by molar-refractivity contribution is 0.271. The van der Waals surface area contributed by atoms with E-state index in [1.54, 1.807) is 6.20 Å². The Kier molecular flexibility index (Phi) is 4.30. The zero-order valence-electron chi connectivity index (χ0n) is 9.44. The first-order valence-corrected chi connectivity index (χ1v) is 5.05. The van der Waals surface area contributed by atoms with E-state index in [-0.39, 0.29) is 12.6 Å². The van der Waals surface area contributed by atoms with Crippen molar-refractivity contribution in [3.05, 3.63) is 12.3 Å². The first kappa shape index (κ1) is 11.7. The number of nitrogens with zero attached hydrogens (tertiary/aromatic N) is 3. The van der Waals surface area contributed by atoms with E-state index >= 15 is 0 Å². The van der Waals surface area contributed by atoms with Crippen molar-refractivity contribution in [1.29, 1.82) is 0 Å². The van der Waals surface area contributed by atoms with Gasteiger partial charge in [-0.2, -0.15) is 4.98 Å². The molecule has 0 aliphatic rings. The van der Waals surface area contributed by atoms with Crippen LogP contribution in [0.15, 0.2) is 12.3 Å². The van der Waals surface area contributed by atoms with Crippen molar-refractivity contribution in [2.24, 2.45) is 0 Å². The van der Waals surface area contributed by atoms with E-state index < -0.39 is 0 Å². The molecule has 1 heterocycles. The van der Waals surface area contributed by atoms with Gasteiger partial charge in [0.15, 0.2) is 0 Å². The molecule has 0 saturated carbocycles. The van der Waals surface area contributed by atoms with E-state index in [0.29, 0.717) is 5.95 Å². The molecular formula is C10H18N4O. The highest BCUT2D eigenvalue weighted by molar-refractivity contribution is 5.41. The van der Waals surface area contributed by atoms with Gasteiger partial charge in [-0.15, -0.1) is 0 Å². The molecule has 1 unspecified atom stereocenters. The van der Waals surface area contributed by atoms with Gasteiger partial charge >= 0.3 is 0 Å². The third kappa shape index (κ3) is 3.36. The summed E-state index contributed by atoms with van der Waals surface area (Å²) in [4.78, 5) is 10.3. The molecule has 1 rings (SSSR count). The van der Waals surface area contributed by atoms with Gasteiger partial charge in [0.25, 0.3) is 0 Å². The summed E-state index contributed by atoms with van der Waals surface area (Å²) < 4.78 is 0. The maximum Gasteiger partial charge on any atom is 0.224 e. The SMILES string of the molecule is CCC(CO)Nc1nccc(N(C)C)n1. The lowest BCUT2D eigenvalue weighted by Gasteiger charge is -2.16. The Morgan fingerprint density at radius 1 is 1.53 bits per heavy atom. The summed E-state index contributed by atoms with van der Waals surface area (Å²) in [6.07, 6.45) is 2.54. The molecule has 84 valence electrons. The van der Waals surface area contributed by atoms with Crippen LogP contribution in [-0.2, 0) is 0 Å². The summed E-state index contributed by atoms with van der Waals surface area (Å²) in [6.45, 7) is 2.09. The van der Waals surface area contributed by atoms with E-state index in [2.05, 4.69) is 15.3 Å². The summed E-state index contributed by atoms with van der Waals surface area (Å²) >= 11 is 0. The minimum absolute atomic E-state index is 0.0161. The molecule has 0 aromatic carbocycles.